The summed E-state index contributed by atoms with van der Waals surface area (Å²) < 4.78 is 31.9. The molecule has 1 amide bonds. The van der Waals surface area contributed by atoms with Crippen LogP contribution in [0.15, 0.2) is 41.8 Å². The molecule has 2 aromatic rings. The quantitative estimate of drug-likeness (QED) is 0.799. The van der Waals surface area contributed by atoms with Crippen molar-refractivity contribution in [2.45, 2.75) is 5.03 Å². The SMILES string of the molecule is COc1cncc(N(C)S(=O)(=O)c2ncccc2C(=O)N(C)C)c1. The highest BCUT2D eigenvalue weighted by molar-refractivity contribution is 7.92. The molecular formula is C15H18N4O4S. The van der Waals surface area contributed by atoms with Gasteiger partial charge in [0.05, 0.1) is 30.8 Å². The van der Waals surface area contributed by atoms with Gasteiger partial charge in [0.25, 0.3) is 15.9 Å². The average Bonchev–Trinajstić information content (AvgIpc) is 2.60. The predicted octanol–water partition coefficient (Wildman–Crippen LogP) is 1.01. The Morgan fingerprint density at radius 2 is 1.92 bits per heavy atom. The fourth-order valence-corrected chi connectivity index (χ4v) is 3.22. The molecule has 24 heavy (non-hydrogen) atoms. The Hall–Kier alpha value is -2.68. The van der Waals surface area contributed by atoms with E-state index in [1.165, 1.54) is 55.8 Å². The Labute approximate surface area is 140 Å². The highest BCUT2D eigenvalue weighted by Gasteiger charge is 2.29. The molecule has 0 radical (unpaired) electrons. The molecule has 0 saturated carbocycles. The molecule has 0 aliphatic heterocycles. The van der Waals surface area contributed by atoms with Gasteiger partial charge in [-0.15, -0.1) is 0 Å². The third kappa shape index (κ3) is 3.30. The van der Waals surface area contributed by atoms with E-state index in [0.717, 1.165) is 4.31 Å². The summed E-state index contributed by atoms with van der Waals surface area (Å²) in [6.45, 7) is 0. The number of nitrogens with zero attached hydrogens (tertiary/aromatic N) is 4. The number of sulfonamides is 1. The van der Waals surface area contributed by atoms with E-state index in [0.29, 0.717) is 11.4 Å². The smallest absolute Gasteiger partial charge is 0.282 e. The largest absolute Gasteiger partial charge is 0.495 e. The van der Waals surface area contributed by atoms with Crippen LogP contribution in [0.3, 0.4) is 0 Å². The number of anilines is 1. The molecule has 0 unspecified atom stereocenters. The lowest BCUT2D eigenvalue weighted by atomic mass is 10.2. The monoisotopic (exact) mass is 350 g/mol. The summed E-state index contributed by atoms with van der Waals surface area (Å²) in [4.78, 5) is 21.4. The second kappa shape index (κ2) is 6.83. The number of methoxy groups -OCH3 is 1. The fourth-order valence-electron chi connectivity index (χ4n) is 1.96. The highest BCUT2D eigenvalue weighted by atomic mass is 32.2. The summed E-state index contributed by atoms with van der Waals surface area (Å²) in [5.41, 5.74) is 0.300. The molecule has 2 aromatic heterocycles. The number of carbonyl (C=O) groups is 1. The number of aromatic nitrogens is 2. The first-order valence-electron chi connectivity index (χ1n) is 6.93. The summed E-state index contributed by atoms with van der Waals surface area (Å²) in [6.07, 6.45) is 4.18. The molecule has 0 aromatic carbocycles. The van der Waals surface area contributed by atoms with Crippen molar-refractivity contribution in [1.82, 2.24) is 14.9 Å². The highest BCUT2D eigenvalue weighted by Crippen LogP contribution is 2.25. The summed E-state index contributed by atoms with van der Waals surface area (Å²) in [6, 6.07) is 4.48. The van der Waals surface area contributed by atoms with Gasteiger partial charge in [0.1, 0.15) is 5.75 Å². The number of hydrogen-bond donors (Lipinski definition) is 0. The molecule has 8 nitrogen and oxygen atoms in total. The van der Waals surface area contributed by atoms with Crippen molar-refractivity contribution >= 4 is 21.6 Å². The molecule has 0 N–H and O–H groups in total. The van der Waals surface area contributed by atoms with Gasteiger partial charge >= 0.3 is 0 Å². The van der Waals surface area contributed by atoms with Gasteiger partial charge in [-0.25, -0.2) is 4.98 Å². The minimum Gasteiger partial charge on any atom is -0.495 e. The zero-order chi connectivity index (χ0) is 17.9. The van der Waals surface area contributed by atoms with Gasteiger partial charge in [0.2, 0.25) is 0 Å². The van der Waals surface area contributed by atoms with E-state index in [9.17, 15) is 13.2 Å². The molecule has 0 aliphatic rings. The predicted molar refractivity (Wildman–Crippen MR) is 88.6 cm³/mol. The molecule has 0 fully saturated rings. The van der Waals surface area contributed by atoms with Crippen LogP contribution in [0, 0.1) is 0 Å². The first-order chi connectivity index (χ1) is 11.3. The van der Waals surface area contributed by atoms with Crippen molar-refractivity contribution in [1.29, 1.82) is 0 Å². The minimum absolute atomic E-state index is 0.00482. The second-order valence-corrected chi connectivity index (χ2v) is 7.00. The van der Waals surface area contributed by atoms with E-state index in [2.05, 4.69) is 9.97 Å². The Kier molecular flexibility index (Phi) is 5.03. The van der Waals surface area contributed by atoms with Gasteiger partial charge in [0.15, 0.2) is 5.03 Å². The molecule has 0 atom stereocenters. The number of carbonyl (C=O) groups excluding carboxylic acids is 1. The van der Waals surface area contributed by atoms with Gasteiger partial charge in [-0.05, 0) is 12.1 Å². The summed E-state index contributed by atoms with van der Waals surface area (Å²) in [7, 11) is 1.86. The van der Waals surface area contributed by atoms with Crippen molar-refractivity contribution < 1.29 is 17.9 Å². The standard InChI is InChI=1S/C15H18N4O4S/c1-18(2)15(20)13-6-5-7-17-14(13)24(21,22)19(3)11-8-12(23-4)10-16-9-11/h5-10H,1-4H3. The average molecular weight is 350 g/mol. The molecule has 0 aliphatic carbocycles. The van der Waals surface area contributed by atoms with Crippen LogP contribution in [0.5, 0.6) is 5.75 Å². The van der Waals surface area contributed by atoms with E-state index < -0.39 is 15.9 Å². The maximum atomic E-state index is 12.9. The number of rotatable bonds is 5. The molecule has 0 spiro atoms. The summed E-state index contributed by atoms with van der Waals surface area (Å²) >= 11 is 0. The molecule has 9 heteroatoms. The van der Waals surface area contributed by atoms with Crippen LogP contribution in [-0.4, -0.2) is 57.4 Å². The van der Waals surface area contributed by atoms with Crippen molar-refractivity contribution in [2.75, 3.05) is 32.6 Å². The topological polar surface area (TPSA) is 92.7 Å². The van der Waals surface area contributed by atoms with Crippen LogP contribution in [0.25, 0.3) is 0 Å². The normalized spacial score (nSPS) is 11.0. The van der Waals surface area contributed by atoms with E-state index >= 15 is 0 Å². The summed E-state index contributed by atoms with van der Waals surface area (Å²) in [5.74, 6) is -0.0287. The van der Waals surface area contributed by atoms with Gasteiger partial charge in [0, 0.05) is 33.4 Å². The van der Waals surface area contributed by atoms with Crippen LogP contribution < -0.4 is 9.04 Å². The zero-order valence-electron chi connectivity index (χ0n) is 13.8. The van der Waals surface area contributed by atoms with Gasteiger partial charge in [-0.3, -0.25) is 14.1 Å². The van der Waals surface area contributed by atoms with Crippen LogP contribution in [0.4, 0.5) is 5.69 Å². The van der Waals surface area contributed by atoms with E-state index in [-0.39, 0.29) is 10.6 Å². The number of hydrogen-bond acceptors (Lipinski definition) is 6. The van der Waals surface area contributed by atoms with Gasteiger partial charge < -0.3 is 9.64 Å². The second-order valence-electron chi connectivity index (χ2n) is 5.11. The lowest BCUT2D eigenvalue weighted by molar-refractivity contribution is 0.0823. The molecule has 0 saturated heterocycles. The Balaban J connectivity index is 2.53. The van der Waals surface area contributed by atoms with Crippen molar-refractivity contribution in [2.24, 2.45) is 0 Å². The first kappa shape index (κ1) is 17.7. The Morgan fingerprint density at radius 1 is 1.21 bits per heavy atom. The lowest BCUT2D eigenvalue weighted by Gasteiger charge is -2.21. The van der Waals surface area contributed by atoms with Gasteiger partial charge in [-0.1, -0.05) is 0 Å². The zero-order valence-corrected chi connectivity index (χ0v) is 14.6. The van der Waals surface area contributed by atoms with Crippen molar-refractivity contribution in [3.63, 3.8) is 0 Å². The molecular weight excluding hydrogens is 332 g/mol. The first-order valence-corrected chi connectivity index (χ1v) is 8.37. The van der Waals surface area contributed by atoms with E-state index in [1.54, 1.807) is 14.1 Å². The fraction of sp³-hybridized carbons (Fsp3) is 0.267. The molecule has 2 rings (SSSR count). The summed E-state index contributed by atoms with van der Waals surface area (Å²) in [5, 5.41) is -0.311. The van der Waals surface area contributed by atoms with Crippen molar-refractivity contribution in [3.05, 3.63) is 42.4 Å². The van der Waals surface area contributed by atoms with Crippen LogP contribution in [-0.2, 0) is 10.0 Å². The Morgan fingerprint density at radius 3 is 2.54 bits per heavy atom. The number of ether oxygens (including phenoxy) is 1. The van der Waals surface area contributed by atoms with E-state index in [1.807, 2.05) is 0 Å². The lowest BCUT2D eigenvalue weighted by Crippen LogP contribution is -2.31. The molecule has 0 bridgehead atoms. The minimum atomic E-state index is -4.05. The third-order valence-electron chi connectivity index (χ3n) is 3.31. The van der Waals surface area contributed by atoms with Gasteiger partial charge in [-0.2, -0.15) is 8.42 Å². The molecule has 2 heterocycles. The van der Waals surface area contributed by atoms with Crippen LogP contribution in [0.2, 0.25) is 0 Å². The number of pyridine rings is 2. The maximum absolute atomic E-state index is 12.9. The van der Waals surface area contributed by atoms with E-state index in [4.69, 9.17) is 4.74 Å². The molecule has 128 valence electrons. The number of amides is 1. The van der Waals surface area contributed by atoms with Crippen LogP contribution in [0.1, 0.15) is 10.4 Å². The van der Waals surface area contributed by atoms with Crippen LogP contribution >= 0.6 is 0 Å². The Bertz CT molecular complexity index is 852. The van der Waals surface area contributed by atoms with Crippen molar-refractivity contribution in [3.8, 4) is 5.75 Å². The third-order valence-corrected chi connectivity index (χ3v) is 5.06. The maximum Gasteiger partial charge on any atom is 0.282 e.